The van der Waals surface area contributed by atoms with Gasteiger partial charge in [-0.1, -0.05) is 24.6 Å². The van der Waals surface area contributed by atoms with E-state index in [-0.39, 0.29) is 23.7 Å². The summed E-state index contributed by atoms with van der Waals surface area (Å²) in [6.45, 7) is 5.23. The minimum absolute atomic E-state index is 0.0386. The molecule has 16 heteroatoms. The van der Waals surface area contributed by atoms with Crippen LogP contribution in [0.5, 0.6) is 11.6 Å². The second-order valence-electron chi connectivity index (χ2n) is 11.4. The topological polar surface area (TPSA) is 182 Å². The Kier molecular flexibility index (Phi) is 8.27. The van der Waals surface area contributed by atoms with Gasteiger partial charge in [0.15, 0.2) is 17.4 Å². The van der Waals surface area contributed by atoms with Gasteiger partial charge in [-0.05, 0) is 58.6 Å². The molecule has 0 spiro atoms. The van der Waals surface area contributed by atoms with E-state index in [1.54, 1.807) is 44.2 Å². The number of nitrogens with two attached hydrogens (primary N) is 1. The molecular formula is C28H36ClN6O8P. The summed E-state index contributed by atoms with van der Waals surface area (Å²) in [6, 6.07) is 7.32. The molecule has 3 aliphatic rings. The van der Waals surface area contributed by atoms with Crippen LogP contribution in [0, 0.1) is 0 Å². The van der Waals surface area contributed by atoms with Crippen LogP contribution in [0.2, 0.25) is 0 Å². The van der Waals surface area contributed by atoms with Crippen LogP contribution in [0.3, 0.4) is 0 Å². The van der Waals surface area contributed by atoms with Gasteiger partial charge in [0.05, 0.1) is 12.9 Å². The zero-order valence-corrected chi connectivity index (χ0v) is 26.2. The largest absolute Gasteiger partial charge is 0.476 e. The number of alkyl halides is 1. The zero-order chi connectivity index (χ0) is 31.3. The Bertz CT molecular complexity index is 1570. The number of carbonyl (C=O) groups is 1. The van der Waals surface area contributed by atoms with Crippen molar-refractivity contribution >= 4 is 42.4 Å². The Morgan fingerprint density at radius 3 is 2.66 bits per heavy atom. The fourth-order valence-electron chi connectivity index (χ4n) is 5.88. The highest BCUT2D eigenvalue weighted by molar-refractivity contribution is 7.52. The number of imidazole rings is 1. The number of ether oxygens (including phenoxy) is 3. The van der Waals surface area contributed by atoms with Crippen LogP contribution in [-0.2, 0) is 23.4 Å². The molecule has 1 saturated heterocycles. The van der Waals surface area contributed by atoms with E-state index < -0.39 is 48.7 Å². The van der Waals surface area contributed by atoms with Crippen molar-refractivity contribution in [2.45, 2.75) is 93.9 Å². The van der Waals surface area contributed by atoms with Gasteiger partial charge >= 0.3 is 13.7 Å². The number of fused-ring (bicyclic) bond motifs is 2. The maximum absolute atomic E-state index is 14.2. The molecule has 1 aromatic carbocycles. The number of esters is 1. The van der Waals surface area contributed by atoms with Crippen LogP contribution in [0.15, 0.2) is 36.7 Å². The Morgan fingerprint density at radius 2 is 2.00 bits per heavy atom. The van der Waals surface area contributed by atoms with Gasteiger partial charge in [-0.3, -0.25) is 13.9 Å². The number of hydrogen-bond donors (Lipinski definition) is 3. The lowest BCUT2D eigenvalue weighted by Crippen LogP contribution is -2.45. The first-order chi connectivity index (χ1) is 21.0. The molecule has 6 rings (SSSR count). The third-order valence-electron chi connectivity index (χ3n) is 8.26. The van der Waals surface area contributed by atoms with E-state index >= 15 is 0 Å². The number of nitrogens with zero attached hydrogens (tertiary/aromatic N) is 4. The van der Waals surface area contributed by atoms with E-state index in [2.05, 4.69) is 20.0 Å². The maximum atomic E-state index is 14.2. The average Bonchev–Trinajstić information content (AvgIpc) is 3.22. The molecule has 3 aromatic rings. The number of halogens is 1. The van der Waals surface area contributed by atoms with E-state index in [0.29, 0.717) is 17.8 Å². The van der Waals surface area contributed by atoms with Crippen molar-refractivity contribution in [1.29, 1.82) is 0 Å². The highest BCUT2D eigenvalue weighted by Crippen LogP contribution is 2.67. The van der Waals surface area contributed by atoms with Gasteiger partial charge in [0.25, 0.3) is 0 Å². The molecule has 2 saturated carbocycles. The van der Waals surface area contributed by atoms with Gasteiger partial charge in [0.2, 0.25) is 11.8 Å². The summed E-state index contributed by atoms with van der Waals surface area (Å²) < 4.78 is 44.9. The maximum Gasteiger partial charge on any atom is 0.459 e. The number of aromatic nitrogens is 4. The molecule has 7 atom stereocenters. The van der Waals surface area contributed by atoms with Crippen molar-refractivity contribution in [1.82, 2.24) is 24.6 Å². The summed E-state index contributed by atoms with van der Waals surface area (Å²) in [5.41, 5.74) is 4.74. The smallest absolute Gasteiger partial charge is 0.459 e. The summed E-state index contributed by atoms with van der Waals surface area (Å²) in [7, 11) is -4.31. The number of nitrogens with one attached hydrogen (secondary N) is 1. The van der Waals surface area contributed by atoms with Gasteiger partial charge in [-0.15, -0.1) is 11.6 Å². The van der Waals surface area contributed by atoms with E-state index in [9.17, 15) is 14.5 Å². The molecule has 1 aliphatic heterocycles. The van der Waals surface area contributed by atoms with Crippen LogP contribution in [-0.4, -0.2) is 72.0 Å². The molecule has 4 N–H and O–H groups in total. The Balaban J connectivity index is 1.22. The number of nitrogen functional groups attached to an aromatic ring is 1. The summed E-state index contributed by atoms with van der Waals surface area (Å²) in [6.07, 6.45) is 2.77. The number of hydrogen-bond acceptors (Lipinski definition) is 12. The van der Waals surface area contributed by atoms with Crippen LogP contribution in [0.1, 0.15) is 59.1 Å². The molecule has 0 radical (unpaired) electrons. The van der Waals surface area contributed by atoms with E-state index in [4.69, 9.17) is 40.6 Å². The van der Waals surface area contributed by atoms with Gasteiger partial charge in [0.1, 0.15) is 40.6 Å². The fourth-order valence-corrected chi connectivity index (χ4v) is 7.95. The molecule has 2 aliphatic carbocycles. The number of aliphatic hydroxyl groups is 1. The van der Waals surface area contributed by atoms with Gasteiger partial charge in [-0.25, -0.2) is 9.55 Å². The average molecular weight is 651 g/mol. The lowest BCUT2D eigenvalue weighted by atomic mass is 9.98. The first-order valence-electron chi connectivity index (χ1n) is 14.7. The highest BCUT2D eigenvalue weighted by atomic mass is 35.5. The summed E-state index contributed by atoms with van der Waals surface area (Å²) >= 11 is 7.01. The first-order valence-corrected chi connectivity index (χ1v) is 16.6. The number of benzene rings is 1. The summed E-state index contributed by atoms with van der Waals surface area (Å²) in [5, 5.41) is 14.5. The van der Waals surface area contributed by atoms with Crippen LogP contribution >= 0.6 is 19.3 Å². The van der Waals surface area contributed by atoms with Crippen molar-refractivity contribution in [3.63, 3.8) is 0 Å². The number of anilines is 1. The van der Waals surface area contributed by atoms with Gasteiger partial charge in [0, 0.05) is 0 Å². The van der Waals surface area contributed by atoms with E-state index in [1.165, 1.54) is 17.8 Å². The second-order valence-corrected chi connectivity index (χ2v) is 13.9. The summed E-state index contributed by atoms with van der Waals surface area (Å²) in [5.74, 6) is -0.184. The Hall–Kier alpha value is -3.00. The molecule has 2 aromatic heterocycles. The molecule has 44 heavy (non-hydrogen) atoms. The number of rotatable bonds is 11. The molecule has 0 amide bonds. The monoisotopic (exact) mass is 650 g/mol. The fraction of sp³-hybridized carbons (Fsp3) is 0.571. The summed E-state index contributed by atoms with van der Waals surface area (Å²) in [4.78, 5) is 24.1. The lowest BCUT2D eigenvalue weighted by Gasteiger charge is -2.33. The minimum atomic E-state index is -4.31. The Labute approximate surface area is 259 Å². The lowest BCUT2D eigenvalue weighted by molar-refractivity contribution is -0.152. The predicted molar refractivity (Wildman–Crippen MR) is 159 cm³/mol. The SMILES string of the molecule is CCOc1nc(N)nc2c1ncn2[C@@H]1O[C@@H]2C(OP(=O)(NC(C)C(=O)OC3CCCCC3)Oc3ccccc3)[C@]2(O)[C@@]1(C)Cl. The predicted octanol–water partition coefficient (Wildman–Crippen LogP) is 3.87. The van der Waals surface area contributed by atoms with Crippen molar-refractivity contribution < 1.29 is 37.7 Å². The van der Waals surface area contributed by atoms with Gasteiger partial charge < -0.3 is 29.6 Å². The van der Waals surface area contributed by atoms with E-state index in [0.717, 1.165) is 32.1 Å². The molecule has 14 nitrogen and oxygen atoms in total. The third-order valence-corrected chi connectivity index (χ3v) is 10.4. The van der Waals surface area contributed by atoms with Crippen molar-refractivity contribution in [2.24, 2.45) is 0 Å². The van der Waals surface area contributed by atoms with E-state index in [1.807, 2.05) is 0 Å². The molecule has 3 unspecified atom stereocenters. The van der Waals surface area contributed by atoms with Crippen LogP contribution in [0.4, 0.5) is 5.95 Å². The quantitative estimate of drug-likeness (QED) is 0.155. The van der Waals surface area contributed by atoms with Crippen molar-refractivity contribution in [3.8, 4) is 11.6 Å². The second kappa shape index (κ2) is 11.7. The molecular weight excluding hydrogens is 615 g/mol. The van der Waals surface area contributed by atoms with Crippen LogP contribution < -0.4 is 20.1 Å². The Morgan fingerprint density at radius 1 is 1.27 bits per heavy atom. The van der Waals surface area contributed by atoms with Gasteiger partial charge in [-0.2, -0.15) is 15.1 Å². The molecule has 0 bridgehead atoms. The molecule has 3 fully saturated rings. The van der Waals surface area contributed by atoms with Crippen molar-refractivity contribution in [2.75, 3.05) is 12.3 Å². The normalized spacial score (nSPS) is 30.3. The first kappa shape index (κ1) is 31.0. The molecule has 3 heterocycles. The highest BCUT2D eigenvalue weighted by Gasteiger charge is 2.84. The minimum Gasteiger partial charge on any atom is -0.476 e. The third kappa shape index (κ3) is 5.52. The number of carbonyl (C=O) groups excluding carboxylic acids is 1. The molecule has 238 valence electrons. The van der Waals surface area contributed by atoms with Crippen LogP contribution in [0.25, 0.3) is 11.2 Å². The standard InChI is InChI=1S/C28H36ClN6O8P/c1-4-39-23-19-22(32-26(30)33-23)35(15-31-19)25-27(3,29)28(37)20(41-25)21(28)43-44(38,42-18-13-9-6-10-14-18)34-16(2)24(36)40-17-11-7-5-8-12-17/h6,9-10,13-17,20-21,25,37H,4-5,7-8,11-12H2,1-3H3,(H,34,38)(H2,30,32,33)/t16?,20-,21?,25-,27+,28+,44?/m1/s1. The number of para-hydroxylation sites is 1. The zero-order valence-electron chi connectivity index (χ0n) is 24.6. The van der Waals surface area contributed by atoms with Crippen molar-refractivity contribution in [3.05, 3.63) is 36.7 Å².